The van der Waals surface area contributed by atoms with Gasteiger partial charge in [-0.05, 0) is 63.8 Å². The van der Waals surface area contributed by atoms with Gasteiger partial charge in [-0.1, -0.05) is 12.8 Å². The maximum Gasteiger partial charge on any atom is 0.343 e. The second-order valence-corrected chi connectivity index (χ2v) is 10.2. The molecule has 0 bridgehead atoms. The van der Waals surface area contributed by atoms with Gasteiger partial charge in [0.25, 0.3) is 0 Å². The molecule has 1 aliphatic rings. The molecule has 1 saturated carbocycles. The number of H-pyrrole nitrogens is 1. The van der Waals surface area contributed by atoms with Crippen LogP contribution in [0.3, 0.4) is 0 Å². The normalized spacial score (nSPS) is 17.6. The van der Waals surface area contributed by atoms with Crippen molar-refractivity contribution in [3.05, 3.63) is 41.7 Å². The summed E-state index contributed by atoms with van der Waals surface area (Å²) < 4.78 is 10.5. The quantitative estimate of drug-likeness (QED) is 0.376. The van der Waals surface area contributed by atoms with Gasteiger partial charge >= 0.3 is 11.9 Å². The van der Waals surface area contributed by atoms with Gasteiger partial charge in [0.1, 0.15) is 28.9 Å². The fourth-order valence-electron chi connectivity index (χ4n) is 4.69. The number of aromatic nitrogens is 3. The number of nitrogens with one attached hydrogen (secondary N) is 3. The molecule has 37 heavy (non-hydrogen) atoms. The number of ether oxygens (including phenoxy) is 2. The van der Waals surface area contributed by atoms with Crippen LogP contribution in [0.4, 0.5) is 17.3 Å². The Kier molecular flexibility index (Phi) is 7.62. The molecule has 4 rings (SSSR count). The number of rotatable bonds is 7. The Labute approximate surface area is 215 Å². The van der Waals surface area contributed by atoms with Crippen LogP contribution in [0.15, 0.2) is 30.6 Å². The molecule has 194 valence electrons. The Hall–Kier alpha value is -4.13. The summed E-state index contributed by atoms with van der Waals surface area (Å²) in [6.45, 7) is 5.57. The minimum Gasteiger partial charge on any atom is -0.465 e. The van der Waals surface area contributed by atoms with E-state index in [1.807, 2.05) is 39.0 Å². The summed E-state index contributed by atoms with van der Waals surface area (Å²) in [5, 5.41) is 16.5. The number of nitrogens with zero attached hydrogens (tertiary/aromatic N) is 3. The number of carbonyl (C=O) groups is 2. The maximum absolute atomic E-state index is 12.6. The summed E-state index contributed by atoms with van der Waals surface area (Å²) in [4.78, 5) is 37.1. The average molecular weight is 505 g/mol. The highest BCUT2D eigenvalue weighted by molar-refractivity contribution is 5.99. The molecule has 0 amide bonds. The van der Waals surface area contributed by atoms with E-state index in [-0.39, 0.29) is 34.9 Å². The largest absolute Gasteiger partial charge is 0.465 e. The third kappa shape index (κ3) is 6.36. The lowest BCUT2D eigenvalue weighted by atomic mass is 9.82. The Morgan fingerprint density at radius 2 is 2.00 bits per heavy atom. The monoisotopic (exact) mass is 504 g/mol. The molecule has 1 aliphatic carbocycles. The molecule has 0 aliphatic heterocycles. The molecular weight excluding hydrogens is 472 g/mol. The summed E-state index contributed by atoms with van der Waals surface area (Å²) in [5.41, 5.74) is 1.92. The number of fused-ring (bicyclic) bond motifs is 1. The molecule has 0 unspecified atom stereocenters. The number of hydrogen-bond acceptors (Lipinski definition) is 9. The van der Waals surface area contributed by atoms with Gasteiger partial charge in [-0.2, -0.15) is 5.26 Å². The first-order valence-electron chi connectivity index (χ1n) is 12.4. The van der Waals surface area contributed by atoms with Crippen LogP contribution in [0.2, 0.25) is 0 Å². The van der Waals surface area contributed by atoms with E-state index in [1.165, 1.54) is 7.11 Å². The summed E-state index contributed by atoms with van der Waals surface area (Å²) in [6.07, 6.45) is 5.70. The minimum atomic E-state index is -0.666. The molecule has 10 heteroatoms. The van der Waals surface area contributed by atoms with Crippen molar-refractivity contribution in [1.82, 2.24) is 15.0 Å². The zero-order valence-electron chi connectivity index (χ0n) is 21.6. The fourth-order valence-corrected chi connectivity index (χ4v) is 4.69. The lowest BCUT2D eigenvalue weighted by Gasteiger charge is -2.33. The van der Waals surface area contributed by atoms with Crippen LogP contribution < -0.4 is 10.6 Å². The molecule has 3 aromatic rings. The molecule has 10 nitrogen and oxygen atoms in total. The Morgan fingerprint density at radius 1 is 1.22 bits per heavy atom. The molecule has 2 atom stereocenters. The van der Waals surface area contributed by atoms with Crippen molar-refractivity contribution in [2.45, 2.75) is 64.5 Å². The smallest absolute Gasteiger partial charge is 0.343 e. The number of nitriles is 1. The van der Waals surface area contributed by atoms with E-state index in [2.05, 4.69) is 31.7 Å². The average Bonchev–Trinajstić information content (AvgIpc) is 3.31. The number of imidazole rings is 1. The predicted molar refractivity (Wildman–Crippen MR) is 139 cm³/mol. The standard InChI is InChI=1S/C27H32N6O4/c1-27(2,3)37-23(34)12-16-7-5-6-8-19(16)32-22-11-17(14-28)24(26(35)36-4)25(33-22)31-18-9-10-20-21(13-18)30-15-29-20/h9-11,13,15-16,19H,5-8,12H2,1-4H3,(H,29,30)(H2,31,32,33)/t16-,19-/m1/s1. The fraction of sp³-hybridized carbons (Fsp3) is 0.444. The first-order chi connectivity index (χ1) is 17.7. The van der Waals surface area contributed by atoms with Gasteiger partial charge < -0.3 is 25.1 Å². The summed E-state index contributed by atoms with van der Waals surface area (Å²) >= 11 is 0. The maximum atomic E-state index is 12.6. The van der Waals surface area contributed by atoms with Gasteiger partial charge in [-0.3, -0.25) is 4.79 Å². The Morgan fingerprint density at radius 3 is 2.73 bits per heavy atom. The van der Waals surface area contributed by atoms with E-state index in [0.29, 0.717) is 17.9 Å². The molecule has 2 aromatic heterocycles. The van der Waals surface area contributed by atoms with E-state index >= 15 is 0 Å². The van der Waals surface area contributed by atoms with Gasteiger partial charge in [-0.15, -0.1) is 0 Å². The van der Waals surface area contributed by atoms with Crippen LogP contribution in [-0.2, 0) is 14.3 Å². The van der Waals surface area contributed by atoms with Crippen LogP contribution in [0, 0.1) is 17.2 Å². The van der Waals surface area contributed by atoms with Crippen molar-refractivity contribution in [3.63, 3.8) is 0 Å². The zero-order valence-corrected chi connectivity index (χ0v) is 21.6. The Bertz CT molecular complexity index is 1340. The number of methoxy groups -OCH3 is 1. The van der Waals surface area contributed by atoms with E-state index in [1.54, 1.807) is 12.4 Å². The van der Waals surface area contributed by atoms with E-state index in [0.717, 1.165) is 36.7 Å². The molecular formula is C27H32N6O4. The van der Waals surface area contributed by atoms with Crippen LogP contribution >= 0.6 is 0 Å². The summed E-state index contributed by atoms with van der Waals surface area (Å²) in [6, 6.07) is 9.11. The minimum absolute atomic E-state index is 0.0292. The first kappa shape index (κ1) is 25.9. The topological polar surface area (TPSA) is 142 Å². The number of anilines is 3. The first-order valence-corrected chi connectivity index (χ1v) is 12.4. The van der Waals surface area contributed by atoms with E-state index < -0.39 is 11.6 Å². The molecule has 0 radical (unpaired) electrons. The number of benzene rings is 1. The number of esters is 2. The van der Waals surface area contributed by atoms with Crippen molar-refractivity contribution in [3.8, 4) is 6.07 Å². The van der Waals surface area contributed by atoms with Crippen molar-refractivity contribution in [1.29, 1.82) is 5.26 Å². The highest BCUT2D eigenvalue weighted by atomic mass is 16.6. The van der Waals surface area contributed by atoms with Gasteiger partial charge in [-0.25, -0.2) is 14.8 Å². The van der Waals surface area contributed by atoms with Gasteiger partial charge in [0.2, 0.25) is 0 Å². The third-order valence-corrected chi connectivity index (χ3v) is 6.30. The summed E-state index contributed by atoms with van der Waals surface area (Å²) in [7, 11) is 1.26. The third-order valence-electron chi connectivity index (χ3n) is 6.30. The van der Waals surface area contributed by atoms with Crippen LogP contribution in [-0.4, -0.2) is 45.6 Å². The van der Waals surface area contributed by atoms with Crippen molar-refractivity contribution < 1.29 is 19.1 Å². The number of aromatic amines is 1. The van der Waals surface area contributed by atoms with Crippen LogP contribution in [0.25, 0.3) is 11.0 Å². The summed E-state index contributed by atoms with van der Waals surface area (Å²) in [5.74, 6) is -0.187. The lowest BCUT2D eigenvalue weighted by molar-refractivity contribution is -0.156. The van der Waals surface area contributed by atoms with E-state index in [9.17, 15) is 14.9 Å². The van der Waals surface area contributed by atoms with Crippen LogP contribution in [0.5, 0.6) is 0 Å². The molecule has 1 aromatic carbocycles. The number of hydrogen-bond donors (Lipinski definition) is 3. The lowest BCUT2D eigenvalue weighted by Crippen LogP contribution is -2.35. The SMILES string of the molecule is COC(=O)c1c(C#N)cc(N[C@@H]2CCCC[C@@H]2CC(=O)OC(C)(C)C)nc1Nc1ccc2nc[nH]c2c1. The van der Waals surface area contributed by atoms with Crippen LogP contribution in [0.1, 0.15) is 68.8 Å². The van der Waals surface area contributed by atoms with Gasteiger partial charge in [0.05, 0.1) is 36.5 Å². The van der Waals surface area contributed by atoms with Gasteiger partial charge in [0.15, 0.2) is 0 Å². The molecule has 0 saturated heterocycles. The van der Waals surface area contributed by atoms with Crippen molar-refractivity contribution in [2.75, 3.05) is 17.7 Å². The second-order valence-electron chi connectivity index (χ2n) is 10.2. The number of pyridine rings is 1. The van der Waals surface area contributed by atoms with Gasteiger partial charge in [0, 0.05) is 11.7 Å². The molecule has 0 spiro atoms. The molecule has 1 fully saturated rings. The highest BCUT2D eigenvalue weighted by Crippen LogP contribution is 2.32. The van der Waals surface area contributed by atoms with Crippen molar-refractivity contribution >= 4 is 40.3 Å². The Balaban J connectivity index is 1.63. The zero-order chi connectivity index (χ0) is 26.6. The molecule has 3 N–H and O–H groups in total. The van der Waals surface area contributed by atoms with E-state index in [4.69, 9.17) is 9.47 Å². The molecule has 2 heterocycles. The second kappa shape index (κ2) is 10.9. The number of carbonyl (C=O) groups excluding carboxylic acids is 2. The highest BCUT2D eigenvalue weighted by Gasteiger charge is 2.30. The van der Waals surface area contributed by atoms with Crippen molar-refractivity contribution in [2.24, 2.45) is 5.92 Å². The predicted octanol–water partition coefficient (Wildman–Crippen LogP) is 5.06.